The first-order valence-corrected chi connectivity index (χ1v) is 13.1. The van der Waals surface area contributed by atoms with Crippen LogP contribution in [0, 0.1) is 18.7 Å². The van der Waals surface area contributed by atoms with Gasteiger partial charge in [-0.1, -0.05) is 36.8 Å². The quantitative estimate of drug-likeness (QED) is 0.454. The molecule has 1 amide bonds. The van der Waals surface area contributed by atoms with Crippen molar-refractivity contribution >= 4 is 32.5 Å². The molecule has 1 N–H and O–H groups in total. The molecule has 4 aromatic rings. The maximum absolute atomic E-state index is 13.5. The monoisotopic (exact) mass is 492 g/mol. The number of aromatic nitrogens is 2. The maximum atomic E-state index is 13.5. The second-order valence-electron chi connectivity index (χ2n) is 9.05. The fourth-order valence-corrected chi connectivity index (χ4v) is 5.64. The van der Waals surface area contributed by atoms with E-state index in [0.29, 0.717) is 5.69 Å². The summed E-state index contributed by atoms with van der Waals surface area (Å²) >= 11 is 0. The largest absolute Gasteiger partial charge is 0.303 e. The summed E-state index contributed by atoms with van der Waals surface area (Å²) in [5.74, 6) is -1.05. The van der Waals surface area contributed by atoms with E-state index in [1.807, 2.05) is 49.4 Å². The van der Waals surface area contributed by atoms with Gasteiger partial charge in [0.25, 0.3) is 0 Å². The Balaban J connectivity index is 1.61. The molecule has 7 nitrogen and oxygen atoms in total. The number of fused-ring (bicyclic) bond motifs is 1. The molecule has 1 fully saturated rings. The number of nitrogens with one attached hydrogen (secondary N) is 1. The van der Waals surface area contributed by atoms with Crippen molar-refractivity contribution < 1.29 is 17.6 Å². The van der Waals surface area contributed by atoms with Gasteiger partial charge in [0.2, 0.25) is 15.9 Å². The summed E-state index contributed by atoms with van der Waals surface area (Å²) in [7, 11) is -3.55. The maximum Gasteiger partial charge on any atom is 0.232 e. The number of hydrogen-bond donors (Lipinski definition) is 1. The van der Waals surface area contributed by atoms with Crippen molar-refractivity contribution in [2.24, 2.45) is 5.92 Å². The van der Waals surface area contributed by atoms with Crippen LogP contribution in [-0.4, -0.2) is 36.4 Å². The van der Waals surface area contributed by atoms with E-state index in [1.54, 1.807) is 34.8 Å². The number of aryl methyl sites for hydroxylation is 1. The zero-order chi connectivity index (χ0) is 24.9. The number of hydrogen-bond acceptors (Lipinski definition) is 4. The smallest absolute Gasteiger partial charge is 0.232 e. The molecule has 9 heteroatoms. The van der Waals surface area contributed by atoms with Crippen LogP contribution in [0.1, 0.15) is 24.1 Å². The fourth-order valence-electron chi connectivity index (χ4n) is 4.81. The van der Waals surface area contributed by atoms with Crippen molar-refractivity contribution in [2.75, 3.05) is 11.2 Å². The molecule has 0 saturated carbocycles. The Kier molecular flexibility index (Phi) is 5.69. The summed E-state index contributed by atoms with van der Waals surface area (Å²) in [6.07, 6.45) is 2.80. The summed E-state index contributed by atoms with van der Waals surface area (Å²) in [6.45, 7) is 3.71. The predicted octanol–water partition coefficient (Wildman–Crippen LogP) is 4.11. The van der Waals surface area contributed by atoms with Gasteiger partial charge in [0.15, 0.2) is 0 Å². The Hall–Kier alpha value is -3.56. The van der Waals surface area contributed by atoms with Crippen molar-refractivity contribution in [3.05, 3.63) is 89.9 Å². The van der Waals surface area contributed by atoms with Crippen LogP contribution in [0.4, 0.5) is 10.1 Å². The molecule has 3 atom stereocenters. The van der Waals surface area contributed by atoms with Crippen LogP contribution in [0.25, 0.3) is 16.6 Å². The SMILES string of the molecule is Cc1cccc([C@@H]2[C@@H](NS(C)(=O)=O)[C@H](C)C(=O)N2c2ccc3c(cnn3-c3ccc(F)cc3)c2)c1. The minimum absolute atomic E-state index is 0.164. The predicted molar refractivity (Wildman–Crippen MR) is 133 cm³/mol. The van der Waals surface area contributed by atoms with Gasteiger partial charge in [-0.05, 0) is 55.0 Å². The number of sulfonamides is 1. The van der Waals surface area contributed by atoms with Crippen LogP contribution >= 0.6 is 0 Å². The molecule has 1 aliphatic rings. The molecule has 3 aromatic carbocycles. The minimum Gasteiger partial charge on any atom is -0.303 e. The Morgan fingerprint density at radius 3 is 2.40 bits per heavy atom. The summed E-state index contributed by atoms with van der Waals surface area (Å²) in [6, 6.07) is 18.2. The van der Waals surface area contributed by atoms with Gasteiger partial charge in [-0.25, -0.2) is 22.2 Å². The first-order chi connectivity index (χ1) is 16.6. The van der Waals surface area contributed by atoms with Gasteiger partial charge in [0.05, 0.1) is 41.7 Å². The number of halogens is 1. The van der Waals surface area contributed by atoms with Gasteiger partial charge in [-0.3, -0.25) is 4.79 Å². The molecule has 0 radical (unpaired) electrons. The lowest BCUT2D eigenvalue weighted by Gasteiger charge is -2.29. The highest BCUT2D eigenvalue weighted by Gasteiger charge is 2.48. The standard InChI is InChI=1S/C26H25FN4O3S/c1-16-5-4-6-18(13-16)25-24(29-35(3,33)34)17(2)26(32)30(25)22-11-12-23-19(14-22)15-28-31(23)21-9-7-20(27)8-10-21/h4-15,17,24-25,29H,1-3H3/t17-,24-,25+/m0/s1. The van der Waals surface area contributed by atoms with Crippen molar-refractivity contribution in [1.29, 1.82) is 0 Å². The molecule has 0 bridgehead atoms. The molecular formula is C26H25FN4O3S. The third-order valence-corrected chi connectivity index (χ3v) is 7.12. The van der Waals surface area contributed by atoms with Crippen LogP contribution < -0.4 is 9.62 Å². The molecular weight excluding hydrogens is 467 g/mol. The van der Waals surface area contributed by atoms with Gasteiger partial charge in [-0.2, -0.15) is 5.10 Å². The Labute approximate surface area is 203 Å². The summed E-state index contributed by atoms with van der Waals surface area (Å²) < 4.78 is 42.1. The average Bonchev–Trinajstić information content (AvgIpc) is 3.33. The van der Waals surface area contributed by atoms with Gasteiger partial charge in [0, 0.05) is 11.1 Å². The molecule has 0 unspecified atom stereocenters. The number of rotatable bonds is 5. The number of carbonyl (C=O) groups is 1. The minimum atomic E-state index is -3.55. The second kappa shape index (κ2) is 8.58. The van der Waals surface area contributed by atoms with Crippen LogP contribution in [0.15, 0.2) is 72.9 Å². The van der Waals surface area contributed by atoms with Crippen molar-refractivity contribution in [3.63, 3.8) is 0 Å². The van der Waals surface area contributed by atoms with E-state index < -0.39 is 28.0 Å². The number of benzene rings is 3. The first-order valence-electron chi connectivity index (χ1n) is 11.2. The lowest BCUT2D eigenvalue weighted by atomic mass is 9.94. The van der Waals surface area contributed by atoms with Gasteiger partial charge in [0.1, 0.15) is 5.82 Å². The normalized spacial score (nSPS) is 20.6. The third-order valence-electron chi connectivity index (χ3n) is 6.42. The molecule has 35 heavy (non-hydrogen) atoms. The van der Waals surface area contributed by atoms with Crippen molar-refractivity contribution in [3.8, 4) is 5.69 Å². The Bertz CT molecular complexity index is 1530. The lowest BCUT2D eigenvalue weighted by Crippen LogP contribution is -2.41. The molecule has 0 spiro atoms. The van der Waals surface area contributed by atoms with E-state index in [4.69, 9.17) is 0 Å². The third kappa shape index (κ3) is 4.33. The van der Waals surface area contributed by atoms with Gasteiger partial charge < -0.3 is 4.90 Å². The van der Waals surface area contributed by atoms with Gasteiger partial charge in [-0.15, -0.1) is 0 Å². The van der Waals surface area contributed by atoms with E-state index in [2.05, 4.69) is 9.82 Å². The molecule has 0 aliphatic carbocycles. The molecule has 180 valence electrons. The van der Waals surface area contributed by atoms with Crippen LogP contribution in [0.3, 0.4) is 0 Å². The Morgan fingerprint density at radius 2 is 1.71 bits per heavy atom. The Morgan fingerprint density at radius 1 is 1.00 bits per heavy atom. The zero-order valence-corrected chi connectivity index (χ0v) is 20.3. The molecule has 1 aromatic heterocycles. The molecule has 1 saturated heterocycles. The van der Waals surface area contributed by atoms with E-state index >= 15 is 0 Å². The number of carbonyl (C=O) groups excluding carboxylic acids is 1. The summed E-state index contributed by atoms with van der Waals surface area (Å²) in [5, 5.41) is 5.25. The molecule has 1 aliphatic heterocycles. The van der Waals surface area contributed by atoms with Gasteiger partial charge >= 0.3 is 0 Å². The van der Waals surface area contributed by atoms with E-state index in [-0.39, 0.29) is 11.7 Å². The highest BCUT2D eigenvalue weighted by molar-refractivity contribution is 7.88. The van der Waals surface area contributed by atoms with Crippen molar-refractivity contribution in [1.82, 2.24) is 14.5 Å². The zero-order valence-electron chi connectivity index (χ0n) is 19.5. The second-order valence-corrected chi connectivity index (χ2v) is 10.8. The van der Waals surface area contributed by atoms with Crippen molar-refractivity contribution in [2.45, 2.75) is 25.9 Å². The van der Waals surface area contributed by atoms with E-state index in [9.17, 15) is 17.6 Å². The average molecular weight is 493 g/mol. The molecule has 2 heterocycles. The lowest BCUT2D eigenvalue weighted by molar-refractivity contribution is -0.120. The van der Waals surface area contributed by atoms with E-state index in [1.165, 1.54) is 12.1 Å². The number of amides is 1. The highest BCUT2D eigenvalue weighted by atomic mass is 32.2. The topological polar surface area (TPSA) is 84.3 Å². The summed E-state index contributed by atoms with van der Waals surface area (Å²) in [4.78, 5) is 15.2. The highest BCUT2D eigenvalue weighted by Crippen LogP contribution is 2.41. The van der Waals surface area contributed by atoms with Crippen LogP contribution in [-0.2, 0) is 14.8 Å². The number of nitrogens with zero attached hydrogens (tertiary/aromatic N) is 3. The molecule has 5 rings (SSSR count). The fraction of sp³-hybridized carbons (Fsp3) is 0.231. The first kappa shape index (κ1) is 23.2. The summed E-state index contributed by atoms with van der Waals surface area (Å²) in [5.41, 5.74) is 4.04. The van der Waals surface area contributed by atoms with E-state index in [0.717, 1.165) is 34.0 Å². The number of anilines is 1. The van der Waals surface area contributed by atoms with Crippen LogP contribution in [0.2, 0.25) is 0 Å². The van der Waals surface area contributed by atoms with Crippen LogP contribution in [0.5, 0.6) is 0 Å².